The molecule has 0 radical (unpaired) electrons. The molecule has 4 heterocycles. The Morgan fingerprint density at radius 3 is 2.88 bits per heavy atom. The standard InChI is InChI=1S/C19H29NO3S/c1-2-17(24-11-1)12-20-8-5-19-18(20)4-3-16(23-19)14-22-13-15-6-9-21-10-7-15/h1-2,11,15-16,18-19H,3-10,12-14H2/t16-,18-,19-/m0/s1. The Morgan fingerprint density at radius 2 is 2.04 bits per heavy atom. The molecule has 3 atom stereocenters. The Labute approximate surface area is 149 Å². The number of likely N-dealkylation sites (tertiary alicyclic amines) is 1. The molecule has 0 aromatic carbocycles. The van der Waals surface area contributed by atoms with E-state index in [9.17, 15) is 0 Å². The van der Waals surface area contributed by atoms with Crippen LogP contribution in [0.15, 0.2) is 17.5 Å². The van der Waals surface area contributed by atoms with Gasteiger partial charge in [-0.05, 0) is 49.5 Å². The van der Waals surface area contributed by atoms with Gasteiger partial charge in [-0.25, -0.2) is 0 Å². The van der Waals surface area contributed by atoms with Crippen molar-refractivity contribution in [3.8, 4) is 0 Å². The summed E-state index contributed by atoms with van der Waals surface area (Å²) in [6.45, 7) is 5.71. The highest BCUT2D eigenvalue weighted by atomic mass is 32.1. The molecule has 4 rings (SSSR count). The molecule has 3 saturated heterocycles. The number of thiophene rings is 1. The van der Waals surface area contributed by atoms with Crippen molar-refractivity contribution in [2.45, 2.75) is 56.9 Å². The van der Waals surface area contributed by atoms with Crippen LogP contribution in [-0.4, -0.2) is 56.1 Å². The minimum absolute atomic E-state index is 0.299. The highest BCUT2D eigenvalue weighted by molar-refractivity contribution is 7.09. The molecule has 1 aromatic heterocycles. The van der Waals surface area contributed by atoms with Crippen LogP contribution >= 0.6 is 11.3 Å². The molecular weight excluding hydrogens is 322 g/mol. The van der Waals surface area contributed by atoms with Crippen LogP contribution in [0.5, 0.6) is 0 Å². The van der Waals surface area contributed by atoms with Gasteiger partial charge in [-0.1, -0.05) is 6.07 Å². The van der Waals surface area contributed by atoms with Crippen LogP contribution in [0.4, 0.5) is 0 Å². The van der Waals surface area contributed by atoms with Crippen molar-refractivity contribution in [1.29, 1.82) is 0 Å². The third-order valence-corrected chi connectivity index (χ3v) is 6.55. The van der Waals surface area contributed by atoms with Crippen LogP contribution in [0.3, 0.4) is 0 Å². The SMILES string of the molecule is c1csc(CN2CC[C@@H]3O[C@H](COCC4CCOCC4)CC[C@@H]32)c1. The van der Waals surface area contributed by atoms with Gasteiger partial charge in [-0.15, -0.1) is 11.3 Å². The molecule has 0 aliphatic carbocycles. The van der Waals surface area contributed by atoms with E-state index < -0.39 is 0 Å². The summed E-state index contributed by atoms with van der Waals surface area (Å²) < 4.78 is 17.7. The van der Waals surface area contributed by atoms with Crippen molar-refractivity contribution in [2.75, 3.05) is 33.0 Å². The lowest BCUT2D eigenvalue weighted by Gasteiger charge is -2.36. The fourth-order valence-electron chi connectivity index (χ4n) is 4.29. The Morgan fingerprint density at radius 1 is 1.12 bits per heavy atom. The van der Waals surface area contributed by atoms with Crippen molar-refractivity contribution in [1.82, 2.24) is 4.90 Å². The van der Waals surface area contributed by atoms with Gasteiger partial charge < -0.3 is 14.2 Å². The largest absolute Gasteiger partial charge is 0.381 e. The fraction of sp³-hybridized carbons (Fsp3) is 0.789. The second-order valence-electron chi connectivity index (χ2n) is 7.37. The van der Waals surface area contributed by atoms with Gasteiger partial charge in [-0.3, -0.25) is 4.90 Å². The smallest absolute Gasteiger partial charge is 0.0813 e. The quantitative estimate of drug-likeness (QED) is 0.787. The molecule has 5 heteroatoms. The first kappa shape index (κ1) is 17.0. The predicted octanol–water partition coefficient (Wildman–Crippen LogP) is 3.31. The Kier molecular flexibility index (Phi) is 5.86. The number of rotatable bonds is 6. The summed E-state index contributed by atoms with van der Waals surface area (Å²) in [5, 5.41) is 2.17. The summed E-state index contributed by atoms with van der Waals surface area (Å²) in [4.78, 5) is 4.09. The van der Waals surface area contributed by atoms with Gasteiger partial charge in [0.05, 0.1) is 18.8 Å². The number of ether oxygens (including phenoxy) is 3. The van der Waals surface area contributed by atoms with E-state index in [4.69, 9.17) is 14.2 Å². The molecule has 0 N–H and O–H groups in total. The van der Waals surface area contributed by atoms with Crippen LogP contribution in [0.25, 0.3) is 0 Å². The Bertz CT molecular complexity index is 489. The van der Waals surface area contributed by atoms with E-state index in [1.807, 2.05) is 11.3 Å². The first-order valence-electron chi connectivity index (χ1n) is 9.46. The van der Waals surface area contributed by atoms with E-state index in [1.54, 1.807) is 0 Å². The first-order valence-corrected chi connectivity index (χ1v) is 10.3. The van der Waals surface area contributed by atoms with E-state index in [1.165, 1.54) is 24.3 Å². The zero-order chi connectivity index (χ0) is 16.2. The molecule has 3 aliphatic heterocycles. The molecule has 134 valence electrons. The predicted molar refractivity (Wildman–Crippen MR) is 95.4 cm³/mol. The minimum Gasteiger partial charge on any atom is -0.381 e. The number of fused-ring (bicyclic) bond motifs is 1. The normalized spacial score (nSPS) is 32.1. The summed E-state index contributed by atoms with van der Waals surface area (Å²) in [6, 6.07) is 5.00. The van der Waals surface area contributed by atoms with Crippen molar-refractivity contribution < 1.29 is 14.2 Å². The first-order chi connectivity index (χ1) is 11.9. The van der Waals surface area contributed by atoms with E-state index in [0.717, 1.165) is 52.2 Å². The average molecular weight is 352 g/mol. The maximum Gasteiger partial charge on any atom is 0.0813 e. The molecule has 0 bridgehead atoms. The molecule has 3 fully saturated rings. The number of nitrogens with zero attached hydrogens (tertiary/aromatic N) is 1. The highest BCUT2D eigenvalue weighted by Gasteiger charge is 2.39. The molecule has 0 unspecified atom stereocenters. The van der Waals surface area contributed by atoms with Gasteiger partial charge in [0.1, 0.15) is 0 Å². The van der Waals surface area contributed by atoms with Crippen LogP contribution in [0.2, 0.25) is 0 Å². The molecule has 0 amide bonds. The van der Waals surface area contributed by atoms with Crippen LogP contribution < -0.4 is 0 Å². The maximum atomic E-state index is 6.36. The molecule has 24 heavy (non-hydrogen) atoms. The van der Waals surface area contributed by atoms with E-state index in [2.05, 4.69) is 22.4 Å². The van der Waals surface area contributed by atoms with Gasteiger partial charge in [0.2, 0.25) is 0 Å². The van der Waals surface area contributed by atoms with E-state index in [-0.39, 0.29) is 0 Å². The number of hydrogen-bond acceptors (Lipinski definition) is 5. The molecule has 4 nitrogen and oxygen atoms in total. The Hall–Kier alpha value is -0.460. The number of hydrogen-bond donors (Lipinski definition) is 0. The third kappa shape index (κ3) is 4.20. The van der Waals surface area contributed by atoms with Gasteiger partial charge in [0, 0.05) is 43.8 Å². The van der Waals surface area contributed by atoms with Crippen molar-refractivity contribution >= 4 is 11.3 Å². The molecule has 0 saturated carbocycles. The summed E-state index contributed by atoms with van der Waals surface area (Å²) in [6.07, 6.45) is 6.56. The highest BCUT2D eigenvalue weighted by Crippen LogP contribution is 2.33. The molecule has 1 aromatic rings. The van der Waals surface area contributed by atoms with Crippen molar-refractivity contribution in [2.24, 2.45) is 5.92 Å². The topological polar surface area (TPSA) is 30.9 Å². The lowest BCUT2D eigenvalue weighted by Crippen LogP contribution is -2.43. The zero-order valence-electron chi connectivity index (χ0n) is 14.4. The second-order valence-corrected chi connectivity index (χ2v) is 8.41. The zero-order valence-corrected chi connectivity index (χ0v) is 15.2. The lowest BCUT2D eigenvalue weighted by atomic mass is 9.99. The fourth-order valence-corrected chi connectivity index (χ4v) is 5.02. The summed E-state index contributed by atoms with van der Waals surface area (Å²) in [7, 11) is 0. The van der Waals surface area contributed by atoms with Gasteiger partial charge in [-0.2, -0.15) is 0 Å². The van der Waals surface area contributed by atoms with Crippen molar-refractivity contribution in [3.05, 3.63) is 22.4 Å². The van der Waals surface area contributed by atoms with E-state index >= 15 is 0 Å². The summed E-state index contributed by atoms with van der Waals surface area (Å²) in [5.41, 5.74) is 0. The third-order valence-electron chi connectivity index (χ3n) is 5.69. The molecular formula is C19H29NO3S. The molecule has 0 spiro atoms. The molecule has 3 aliphatic rings. The Balaban J connectivity index is 1.19. The van der Waals surface area contributed by atoms with Gasteiger partial charge >= 0.3 is 0 Å². The monoisotopic (exact) mass is 351 g/mol. The maximum absolute atomic E-state index is 6.36. The van der Waals surface area contributed by atoms with Crippen LogP contribution in [-0.2, 0) is 20.8 Å². The van der Waals surface area contributed by atoms with E-state index in [0.29, 0.717) is 24.2 Å². The van der Waals surface area contributed by atoms with Crippen LogP contribution in [0, 0.1) is 5.92 Å². The summed E-state index contributed by atoms with van der Waals surface area (Å²) >= 11 is 1.86. The van der Waals surface area contributed by atoms with Gasteiger partial charge in [0.25, 0.3) is 0 Å². The average Bonchev–Trinajstić information content (AvgIpc) is 3.26. The van der Waals surface area contributed by atoms with Crippen LogP contribution in [0.1, 0.15) is 37.0 Å². The minimum atomic E-state index is 0.299. The summed E-state index contributed by atoms with van der Waals surface area (Å²) in [5.74, 6) is 0.683. The van der Waals surface area contributed by atoms with Gasteiger partial charge in [0.15, 0.2) is 0 Å². The van der Waals surface area contributed by atoms with Crippen molar-refractivity contribution in [3.63, 3.8) is 0 Å². The second kappa shape index (κ2) is 8.28. The lowest BCUT2D eigenvalue weighted by molar-refractivity contribution is -0.105.